The number of carbonyl (C=O) groups is 1. The summed E-state index contributed by atoms with van der Waals surface area (Å²) in [5.74, 6) is -0.105. The average Bonchev–Trinajstić information content (AvgIpc) is 2.34. The Bertz CT molecular complexity index is 545. The van der Waals surface area contributed by atoms with Crippen molar-refractivity contribution in [1.29, 1.82) is 0 Å². The maximum atomic E-state index is 11.6. The molecular formula is C11H14N2O4S. The number of nitrogens with zero attached hydrogens (tertiary/aromatic N) is 2. The number of hydrogen-bond donors (Lipinski definition) is 0. The summed E-state index contributed by atoms with van der Waals surface area (Å²) in [5.41, 5.74) is 0.404. The molecule has 2 rings (SSSR count). The number of carbonyl (C=O) groups excluding carboxylic acids is 1. The number of esters is 1. The molecule has 0 unspecified atom stereocenters. The molecule has 98 valence electrons. The first-order chi connectivity index (χ1) is 8.52. The zero-order valence-electron chi connectivity index (χ0n) is 10.00. The highest BCUT2D eigenvalue weighted by atomic mass is 32.2. The summed E-state index contributed by atoms with van der Waals surface area (Å²) < 4.78 is 31.2. The van der Waals surface area contributed by atoms with Gasteiger partial charge >= 0.3 is 5.97 Å². The quantitative estimate of drug-likeness (QED) is 0.695. The Labute approximate surface area is 106 Å². The van der Waals surface area contributed by atoms with Crippen LogP contribution in [-0.2, 0) is 19.6 Å². The van der Waals surface area contributed by atoms with Gasteiger partial charge in [-0.15, -0.1) is 4.40 Å². The van der Waals surface area contributed by atoms with Crippen LogP contribution in [-0.4, -0.2) is 44.0 Å². The minimum atomic E-state index is -3.36. The molecule has 6 nitrogen and oxygen atoms in total. The van der Waals surface area contributed by atoms with Gasteiger partial charge in [0.15, 0.2) is 0 Å². The largest absolute Gasteiger partial charge is 0.462 e. The zero-order valence-corrected chi connectivity index (χ0v) is 10.8. The Morgan fingerprint density at radius 2 is 2.28 bits per heavy atom. The Kier molecular flexibility index (Phi) is 3.51. The monoisotopic (exact) mass is 270 g/mol. The van der Waals surface area contributed by atoms with Crippen molar-refractivity contribution in [2.75, 3.05) is 18.9 Å². The van der Waals surface area contributed by atoms with Gasteiger partial charge < -0.3 is 9.64 Å². The van der Waals surface area contributed by atoms with Crippen molar-refractivity contribution in [1.82, 2.24) is 4.90 Å². The third-order valence-electron chi connectivity index (χ3n) is 2.50. The van der Waals surface area contributed by atoms with Gasteiger partial charge in [-0.2, -0.15) is 0 Å². The lowest BCUT2D eigenvalue weighted by atomic mass is 10.2. The Morgan fingerprint density at radius 1 is 1.50 bits per heavy atom. The molecule has 18 heavy (non-hydrogen) atoms. The topological polar surface area (TPSA) is 76.0 Å². The van der Waals surface area contributed by atoms with Crippen molar-refractivity contribution in [2.24, 2.45) is 4.40 Å². The molecule has 0 N–H and O–H groups in total. The standard InChI is InChI=1S/C11H14N2O4S/c1-2-6-17-11(14)9-3-4-10-12-18(15,16)7-5-13(10)8-9/h3-4,8H,2,5-7H2,1H3. The van der Waals surface area contributed by atoms with Gasteiger partial charge in [-0.3, -0.25) is 0 Å². The maximum absolute atomic E-state index is 11.6. The van der Waals surface area contributed by atoms with E-state index in [1.165, 1.54) is 12.2 Å². The second kappa shape index (κ2) is 4.93. The molecule has 0 aromatic heterocycles. The van der Waals surface area contributed by atoms with Crippen molar-refractivity contribution >= 4 is 21.8 Å². The van der Waals surface area contributed by atoms with Gasteiger partial charge in [-0.05, 0) is 18.6 Å². The van der Waals surface area contributed by atoms with Crippen molar-refractivity contribution in [3.63, 3.8) is 0 Å². The molecule has 0 aromatic carbocycles. The van der Waals surface area contributed by atoms with E-state index in [1.54, 1.807) is 11.1 Å². The van der Waals surface area contributed by atoms with Crippen molar-refractivity contribution in [3.8, 4) is 0 Å². The van der Waals surface area contributed by atoms with Crippen LogP contribution in [0.1, 0.15) is 13.3 Å². The molecule has 0 aromatic rings. The molecular weight excluding hydrogens is 256 g/mol. The van der Waals surface area contributed by atoms with Crippen LogP contribution in [0.4, 0.5) is 0 Å². The second-order valence-corrected chi connectivity index (χ2v) is 5.74. The molecule has 0 saturated carbocycles. The predicted molar refractivity (Wildman–Crippen MR) is 66.4 cm³/mol. The number of amidine groups is 1. The SMILES string of the molecule is CCCOC(=O)C1=CN2CCS(=O)(=O)N=C2C=C1. The summed E-state index contributed by atoms with van der Waals surface area (Å²) in [6.45, 7) is 2.59. The smallest absolute Gasteiger partial charge is 0.339 e. The van der Waals surface area contributed by atoms with E-state index in [1.807, 2.05) is 6.92 Å². The molecule has 2 heterocycles. The lowest BCUT2D eigenvalue weighted by molar-refractivity contribution is -0.138. The Balaban J connectivity index is 2.15. The number of ether oxygens (including phenoxy) is 1. The van der Waals surface area contributed by atoms with Crippen LogP contribution in [0.15, 0.2) is 28.3 Å². The number of hydrogen-bond acceptors (Lipinski definition) is 5. The van der Waals surface area contributed by atoms with Gasteiger partial charge in [0.25, 0.3) is 10.0 Å². The van der Waals surface area contributed by atoms with E-state index in [4.69, 9.17) is 4.74 Å². The molecule has 0 radical (unpaired) electrons. The van der Waals surface area contributed by atoms with Crippen LogP contribution < -0.4 is 0 Å². The summed E-state index contributed by atoms with van der Waals surface area (Å²) in [6.07, 6.45) is 5.37. The van der Waals surface area contributed by atoms with E-state index in [2.05, 4.69) is 4.40 Å². The molecule has 0 bridgehead atoms. The summed E-state index contributed by atoms with van der Waals surface area (Å²) in [5, 5.41) is 0. The number of sulfonamides is 1. The van der Waals surface area contributed by atoms with E-state index in [0.717, 1.165) is 6.42 Å². The van der Waals surface area contributed by atoms with E-state index in [0.29, 0.717) is 24.6 Å². The van der Waals surface area contributed by atoms with Crippen LogP contribution >= 0.6 is 0 Å². The van der Waals surface area contributed by atoms with Crippen LogP contribution in [0.25, 0.3) is 0 Å². The van der Waals surface area contributed by atoms with Gasteiger partial charge in [0.1, 0.15) is 5.84 Å². The molecule has 2 aliphatic rings. The molecule has 0 amide bonds. The molecule has 7 heteroatoms. The first-order valence-electron chi connectivity index (χ1n) is 5.68. The average molecular weight is 270 g/mol. The summed E-state index contributed by atoms with van der Waals surface area (Å²) in [6, 6.07) is 0. The highest BCUT2D eigenvalue weighted by Gasteiger charge is 2.25. The second-order valence-electron chi connectivity index (χ2n) is 3.98. The highest BCUT2D eigenvalue weighted by Crippen LogP contribution is 2.16. The van der Waals surface area contributed by atoms with Crippen LogP contribution in [0, 0.1) is 0 Å². The van der Waals surface area contributed by atoms with Crippen molar-refractivity contribution < 1.29 is 17.9 Å². The van der Waals surface area contributed by atoms with E-state index < -0.39 is 16.0 Å². The summed E-state index contributed by atoms with van der Waals surface area (Å²) in [4.78, 5) is 13.3. The Morgan fingerprint density at radius 3 is 3.00 bits per heavy atom. The van der Waals surface area contributed by atoms with Crippen LogP contribution in [0.2, 0.25) is 0 Å². The van der Waals surface area contributed by atoms with E-state index in [-0.39, 0.29) is 5.75 Å². The van der Waals surface area contributed by atoms with Crippen molar-refractivity contribution in [3.05, 3.63) is 23.9 Å². The fourth-order valence-corrected chi connectivity index (χ4v) is 2.57. The van der Waals surface area contributed by atoms with Crippen LogP contribution in [0.5, 0.6) is 0 Å². The minimum absolute atomic E-state index is 0.0435. The predicted octanol–water partition coefficient (Wildman–Crippen LogP) is 0.437. The first kappa shape index (κ1) is 12.8. The molecule has 0 saturated heterocycles. The fraction of sp³-hybridized carbons (Fsp3) is 0.455. The van der Waals surface area contributed by atoms with Gasteiger partial charge in [-0.25, -0.2) is 13.2 Å². The maximum Gasteiger partial charge on any atom is 0.339 e. The van der Waals surface area contributed by atoms with Crippen molar-refractivity contribution in [2.45, 2.75) is 13.3 Å². The minimum Gasteiger partial charge on any atom is -0.462 e. The Hall–Kier alpha value is -1.63. The number of rotatable bonds is 3. The van der Waals surface area contributed by atoms with Gasteiger partial charge in [-0.1, -0.05) is 6.92 Å². The van der Waals surface area contributed by atoms with Gasteiger partial charge in [0.05, 0.1) is 17.9 Å². The van der Waals surface area contributed by atoms with E-state index in [9.17, 15) is 13.2 Å². The molecule has 0 atom stereocenters. The van der Waals surface area contributed by atoms with Gasteiger partial charge in [0, 0.05) is 12.7 Å². The number of fused-ring (bicyclic) bond motifs is 1. The highest BCUT2D eigenvalue weighted by molar-refractivity contribution is 7.90. The third-order valence-corrected chi connectivity index (χ3v) is 3.66. The summed E-state index contributed by atoms with van der Waals surface area (Å²) >= 11 is 0. The molecule has 2 aliphatic heterocycles. The lowest BCUT2D eigenvalue weighted by Crippen LogP contribution is -2.37. The molecule has 0 aliphatic carbocycles. The van der Waals surface area contributed by atoms with Gasteiger partial charge in [0.2, 0.25) is 0 Å². The normalized spacial score (nSPS) is 20.8. The molecule has 0 spiro atoms. The first-order valence-corrected chi connectivity index (χ1v) is 7.29. The lowest BCUT2D eigenvalue weighted by Gasteiger charge is -2.26. The van der Waals surface area contributed by atoms with E-state index >= 15 is 0 Å². The fourth-order valence-electron chi connectivity index (χ4n) is 1.60. The van der Waals surface area contributed by atoms with Crippen LogP contribution in [0.3, 0.4) is 0 Å². The third kappa shape index (κ3) is 2.79. The summed E-state index contributed by atoms with van der Waals surface area (Å²) in [7, 11) is -3.36. The zero-order chi connectivity index (χ0) is 13.2. The molecule has 0 fully saturated rings.